The molecular formula is C15H22N2O5. The largest absolute Gasteiger partial charge is 0.494 e. The van der Waals surface area contributed by atoms with Crippen LogP contribution in [0.1, 0.15) is 32.5 Å². The molecule has 0 unspecified atom stereocenters. The summed E-state index contributed by atoms with van der Waals surface area (Å²) >= 11 is 0. The number of hydrogen-bond donors (Lipinski definition) is 2. The van der Waals surface area contributed by atoms with Gasteiger partial charge in [0.2, 0.25) is 0 Å². The lowest BCUT2D eigenvalue weighted by Crippen LogP contribution is -2.41. The second kappa shape index (κ2) is 9.49. The van der Waals surface area contributed by atoms with E-state index < -0.39 is 18.4 Å². The summed E-state index contributed by atoms with van der Waals surface area (Å²) in [6.07, 6.45) is -2.05. The zero-order valence-electron chi connectivity index (χ0n) is 13.0. The van der Waals surface area contributed by atoms with Crippen LogP contribution in [0.4, 0.5) is 9.59 Å². The Morgan fingerprint density at radius 2 is 1.59 bits per heavy atom. The van der Waals surface area contributed by atoms with Crippen molar-refractivity contribution in [3.05, 3.63) is 29.8 Å². The van der Waals surface area contributed by atoms with Crippen molar-refractivity contribution in [2.75, 3.05) is 19.8 Å². The lowest BCUT2D eigenvalue weighted by Gasteiger charge is -2.20. The summed E-state index contributed by atoms with van der Waals surface area (Å²) in [6, 6.07) is 7.05. The lowest BCUT2D eigenvalue weighted by molar-refractivity contribution is 0.135. The molecular weight excluding hydrogens is 288 g/mol. The van der Waals surface area contributed by atoms with Crippen molar-refractivity contribution in [1.29, 1.82) is 0 Å². The van der Waals surface area contributed by atoms with Gasteiger partial charge in [0.15, 0.2) is 0 Å². The second-order valence-corrected chi connectivity index (χ2v) is 4.17. The first-order chi connectivity index (χ1) is 10.6. The Morgan fingerprint density at radius 3 is 2.09 bits per heavy atom. The molecule has 0 bridgehead atoms. The third-order valence-electron chi connectivity index (χ3n) is 2.58. The Morgan fingerprint density at radius 1 is 1.00 bits per heavy atom. The number of carbonyl (C=O) groups is 2. The van der Waals surface area contributed by atoms with Gasteiger partial charge in [-0.05, 0) is 38.5 Å². The topological polar surface area (TPSA) is 85.9 Å². The van der Waals surface area contributed by atoms with Gasteiger partial charge in [-0.3, -0.25) is 10.6 Å². The molecule has 1 aromatic rings. The van der Waals surface area contributed by atoms with Gasteiger partial charge in [-0.15, -0.1) is 0 Å². The maximum atomic E-state index is 11.6. The third-order valence-corrected chi connectivity index (χ3v) is 2.58. The summed E-state index contributed by atoms with van der Waals surface area (Å²) in [5.74, 6) is 0.640. The first kappa shape index (κ1) is 17.6. The van der Waals surface area contributed by atoms with Gasteiger partial charge in [0, 0.05) is 0 Å². The van der Waals surface area contributed by atoms with E-state index in [1.165, 1.54) is 0 Å². The molecule has 0 aliphatic heterocycles. The van der Waals surface area contributed by atoms with Gasteiger partial charge in [0.05, 0.1) is 19.8 Å². The van der Waals surface area contributed by atoms with Crippen LogP contribution < -0.4 is 15.4 Å². The minimum absolute atomic E-state index is 0.233. The SMILES string of the molecule is CCOC(=O)NC(NC(=O)OCC)c1cccc(OCC)c1. The zero-order chi connectivity index (χ0) is 16.4. The van der Waals surface area contributed by atoms with Crippen LogP contribution in [0.25, 0.3) is 0 Å². The van der Waals surface area contributed by atoms with Gasteiger partial charge in [0.25, 0.3) is 0 Å². The Balaban J connectivity index is 2.89. The van der Waals surface area contributed by atoms with Crippen LogP contribution in [0.15, 0.2) is 24.3 Å². The van der Waals surface area contributed by atoms with Crippen LogP contribution in [0.3, 0.4) is 0 Å². The van der Waals surface area contributed by atoms with Gasteiger partial charge in [-0.1, -0.05) is 12.1 Å². The third kappa shape index (κ3) is 5.90. The smallest absolute Gasteiger partial charge is 0.409 e. The van der Waals surface area contributed by atoms with Gasteiger partial charge in [-0.25, -0.2) is 9.59 Å². The van der Waals surface area contributed by atoms with Crippen LogP contribution in [0, 0.1) is 0 Å². The molecule has 0 atom stereocenters. The van der Waals surface area contributed by atoms with Gasteiger partial charge < -0.3 is 14.2 Å². The molecule has 0 aromatic heterocycles. The zero-order valence-corrected chi connectivity index (χ0v) is 13.0. The fraction of sp³-hybridized carbons (Fsp3) is 0.467. The van der Waals surface area contributed by atoms with Crippen LogP contribution >= 0.6 is 0 Å². The molecule has 0 spiro atoms. The van der Waals surface area contributed by atoms with Gasteiger partial charge >= 0.3 is 12.2 Å². The molecule has 0 aliphatic rings. The average Bonchev–Trinajstić information content (AvgIpc) is 2.48. The number of nitrogens with one attached hydrogen (secondary N) is 2. The van der Waals surface area contributed by atoms with E-state index in [1.807, 2.05) is 6.92 Å². The molecule has 0 saturated heterocycles. The van der Waals surface area contributed by atoms with Crippen LogP contribution in [0.5, 0.6) is 5.75 Å². The summed E-state index contributed by atoms with van der Waals surface area (Å²) in [5, 5.41) is 5.13. The first-order valence-electron chi connectivity index (χ1n) is 7.20. The van der Waals surface area contributed by atoms with Crippen molar-refractivity contribution in [2.24, 2.45) is 0 Å². The predicted octanol–water partition coefficient (Wildman–Crippen LogP) is 2.58. The highest BCUT2D eigenvalue weighted by Gasteiger charge is 2.18. The van der Waals surface area contributed by atoms with Gasteiger partial charge in [-0.2, -0.15) is 0 Å². The number of benzene rings is 1. The van der Waals surface area contributed by atoms with Crippen molar-refractivity contribution in [1.82, 2.24) is 10.6 Å². The van der Waals surface area contributed by atoms with Crippen LogP contribution in [-0.4, -0.2) is 32.0 Å². The summed E-state index contributed by atoms with van der Waals surface area (Å²) < 4.78 is 15.1. The summed E-state index contributed by atoms with van der Waals surface area (Å²) in [4.78, 5) is 23.2. The Kier molecular flexibility index (Phi) is 7.60. The van der Waals surface area contributed by atoms with E-state index in [-0.39, 0.29) is 13.2 Å². The maximum Gasteiger partial charge on any atom is 0.409 e. The monoisotopic (exact) mass is 310 g/mol. The summed E-state index contributed by atoms with van der Waals surface area (Å²) in [7, 11) is 0. The molecule has 0 saturated carbocycles. The Bertz CT molecular complexity index is 473. The molecule has 2 N–H and O–H groups in total. The van der Waals surface area contributed by atoms with Crippen LogP contribution in [0.2, 0.25) is 0 Å². The molecule has 1 rings (SSSR count). The number of carbonyl (C=O) groups excluding carboxylic acids is 2. The fourth-order valence-corrected chi connectivity index (χ4v) is 1.73. The summed E-state index contributed by atoms with van der Waals surface area (Å²) in [6.45, 7) is 6.25. The van der Waals surface area contributed by atoms with Crippen molar-refractivity contribution in [3.63, 3.8) is 0 Å². The van der Waals surface area contributed by atoms with Crippen molar-refractivity contribution in [2.45, 2.75) is 26.9 Å². The normalized spacial score (nSPS) is 10.0. The molecule has 0 aliphatic carbocycles. The standard InChI is InChI=1S/C15H22N2O5/c1-4-20-12-9-7-8-11(10-12)13(16-14(18)21-5-2)17-15(19)22-6-3/h7-10,13H,4-6H2,1-3H3,(H,16,18)(H,17,19). The van der Waals surface area contributed by atoms with E-state index in [4.69, 9.17) is 14.2 Å². The second-order valence-electron chi connectivity index (χ2n) is 4.17. The fourth-order valence-electron chi connectivity index (χ4n) is 1.73. The van der Waals surface area contributed by atoms with Crippen molar-refractivity contribution < 1.29 is 23.8 Å². The van der Waals surface area contributed by atoms with Crippen molar-refractivity contribution >= 4 is 12.2 Å². The van der Waals surface area contributed by atoms with E-state index in [0.29, 0.717) is 17.9 Å². The number of ether oxygens (including phenoxy) is 3. The van der Waals surface area contributed by atoms with E-state index in [1.54, 1.807) is 38.1 Å². The minimum atomic E-state index is -0.779. The van der Waals surface area contributed by atoms with E-state index >= 15 is 0 Å². The maximum absolute atomic E-state index is 11.6. The molecule has 7 nitrogen and oxygen atoms in total. The molecule has 0 fully saturated rings. The first-order valence-corrected chi connectivity index (χ1v) is 7.20. The Hall–Kier alpha value is -2.44. The molecule has 122 valence electrons. The van der Waals surface area contributed by atoms with E-state index in [2.05, 4.69) is 10.6 Å². The molecule has 2 amide bonds. The van der Waals surface area contributed by atoms with Crippen LogP contribution in [-0.2, 0) is 9.47 Å². The number of amides is 2. The molecule has 1 aromatic carbocycles. The lowest BCUT2D eigenvalue weighted by atomic mass is 10.1. The number of alkyl carbamates (subject to hydrolysis) is 2. The van der Waals surface area contributed by atoms with E-state index in [0.717, 1.165) is 0 Å². The molecule has 7 heteroatoms. The average molecular weight is 310 g/mol. The van der Waals surface area contributed by atoms with Gasteiger partial charge in [0.1, 0.15) is 11.9 Å². The highest BCUT2D eigenvalue weighted by Crippen LogP contribution is 2.18. The molecule has 0 radical (unpaired) electrons. The highest BCUT2D eigenvalue weighted by molar-refractivity contribution is 5.71. The molecule has 0 heterocycles. The summed E-state index contributed by atoms with van der Waals surface area (Å²) in [5.41, 5.74) is 0.645. The molecule has 22 heavy (non-hydrogen) atoms. The highest BCUT2D eigenvalue weighted by atomic mass is 16.6. The van der Waals surface area contributed by atoms with Crippen molar-refractivity contribution in [3.8, 4) is 5.75 Å². The Labute approximate surface area is 129 Å². The number of rotatable bonds is 7. The predicted molar refractivity (Wildman–Crippen MR) is 80.7 cm³/mol. The quantitative estimate of drug-likeness (QED) is 0.756. The number of hydrogen-bond acceptors (Lipinski definition) is 5. The van der Waals surface area contributed by atoms with E-state index in [9.17, 15) is 9.59 Å². The minimum Gasteiger partial charge on any atom is -0.494 e.